The van der Waals surface area contributed by atoms with Crippen LogP contribution in [0, 0.1) is 0 Å². The van der Waals surface area contributed by atoms with Gasteiger partial charge in [0.05, 0.1) is 25.5 Å². The van der Waals surface area contributed by atoms with Crippen LogP contribution in [-0.4, -0.2) is 44.2 Å². The van der Waals surface area contributed by atoms with Gasteiger partial charge >= 0.3 is 0 Å². The van der Waals surface area contributed by atoms with Crippen LogP contribution in [0.5, 0.6) is 11.5 Å². The third-order valence-electron chi connectivity index (χ3n) is 4.42. The molecule has 1 amide bonds. The molecule has 2 aromatic rings. The minimum atomic E-state index is -0.187. The minimum absolute atomic E-state index is 0.187. The molecule has 138 valence electrons. The van der Waals surface area contributed by atoms with Crippen molar-refractivity contribution < 1.29 is 14.3 Å². The number of pyridine rings is 1. The summed E-state index contributed by atoms with van der Waals surface area (Å²) in [7, 11) is 1.62. The minimum Gasteiger partial charge on any atom is -0.497 e. The molecule has 1 aromatic heterocycles. The van der Waals surface area contributed by atoms with Crippen LogP contribution in [0.15, 0.2) is 42.6 Å². The van der Waals surface area contributed by atoms with Gasteiger partial charge in [-0.15, -0.1) is 0 Å². The lowest BCUT2D eigenvalue weighted by Crippen LogP contribution is -2.30. The van der Waals surface area contributed by atoms with Gasteiger partial charge in [-0.3, -0.25) is 4.79 Å². The Morgan fingerprint density at radius 1 is 1.08 bits per heavy atom. The van der Waals surface area contributed by atoms with Gasteiger partial charge in [0.2, 0.25) is 0 Å². The summed E-state index contributed by atoms with van der Waals surface area (Å²) < 4.78 is 10.7. The quantitative estimate of drug-likeness (QED) is 0.774. The van der Waals surface area contributed by atoms with E-state index in [0.29, 0.717) is 18.8 Å². The third-order valence-corrected chi connectivity index (χ3v) is 4.42. The number of anilines is 1. The van der Waals surface area contributed by atoms with Crippen LogP contribution in [0.2, 0.25) is 0 Å². The Hall–Kier alpha value is -2.76. The number of amides is 1. The molecular weight excluding hydrogens is 330 g/mol. The fourth-order valence-electron chi connectivity index (χ4n) is 2.96. The van der Waals surface area contributed by atoms with E-state index in [9.17, 15) is 4.79 Å². The van der Waals surface area contributed by atoms with Crippen LogP contribution >= 0.6 is 0 Å². The van der Waals surface area contributed by atoms with E-state index in [-0.39, 0.29) is 5.91 Å². The van der Waals surface area contributed by atoms with E-state index in [1.54, 1.807) is 19.4 Å². The average molecular weight is 355 g/mol. The molecule has 0 aliphatic carbocycles. The Bertz CT molecular complexity index is 695. The molecule has 0 saturated carbocycles. The number of nitrogens with one attached hydrogen (secondary N) is 1. The van der Waals surface area contributed by atoms with Gasteiger partial charge < -0.3 is 19.7 Å². The molecule has 1 aliphatic rings. The van der Waals surface area contributed by atoms with Gasteiger partial charge in [0.15, 0.2) is 0 Å². The summed E-state index contributed by atoms with van der Waals surface area (Å²) in [5.74, 6) is 1.34. The van der Waals surface area contributed by atoms with Crippen molar-refractivity contribution in [3.8, 4) is 11.5 Å². The predicted octanol–water partition coefficient (Wildman–Crippen LogP) is 2.89. The van der Waals surface area contributed by atoms with E-state index in [1.165, 1.54) is 19.3 Å². The Balaban J connectivity index is 1.42. The zero-order chi connectivity index (χ0) is 18.2. The number of piperidine rings is 1. The zero-order valence-corrected chi connectivity index (χ0v) is 15.1. The molecular formula is C20H25N3O3. The maximum absolute atomic E-state index is 12.2. The van der Waals surface area contributed by atoms with Crippen LogP contribution in [0.3, 0.4) is 0 Å². The molecule has 0 bridgehead atoms. The van der Waals surface area contributed by atoms with Crippen molar-refractivity contribution in [3.05, 3.63) is 48.3 Å². The number of ether oxygens (including phenoxy) is 2. The van der Waals surface area contributed by atoms with Crippen molar-refractivity contribution in [2.45, 2.75) is 19.3 Å². The summed E-state index contributed by atoms with van der Waals surface area (Å²) in [5.41, 5.74) is 1.51. The van der Waals surface area contributed by atoms with Crippen LogP contribution in [0.1, 0.15) is 29.8 Å². The van der Waals surface area contributed by atoms with Gasteiger partial charge in [0.25, 0.3) is 5.91 Å². The molecule has 3 rings (SSSR count). The predicted molar refractivity (Wildman–Crippen MR) is 101 cm³/mol. The molecule has 0 unspecified atom stereocenters. The smallest absolute Gasteiger partial charge is 0.269 e. The van der Waals surface area contributed by atoms with E-state index in [0.717, 1.165) is 30.3 Å². The Labute approximate surface area is 154 Å². The molecule has 1 N–H and O–H groups in total. The second-order valence-corrected chi connectivity index (χ2v) is 6.23. The molecule has 0 spiro atoms. The second-order valence-electron chi connectivity index (χ2n) is 6.23. The molecule has 1 aliphatic heterocycles. The summed E-state index contributed by atoms with van der Waals surface area (Å²) in [6, 6.07) is 11.1. The normalized spacial score (nSPS) is 14.0. The van der Waals surface area contributed by atoms with Gasteiger partial charge in [0, 0.05) is 13.1 Å². The second kappa shape index (κ2) is 9.08. The standard InChI is InChI=1S/C20H25N3O3/c1-25-17-6-8-18(9-7-17)26-14-11-21-20(24)19-10-5-16(15-22-19)23-12-3-2-4-13-23/h5-10,15H,2-4,11-14H2,1H3,(H,21,24). The molecule has 2 heterocycles. The molecule has 0 atom stereocenters. The highest BCUT2D eigenvalue weighted by molar-refractivity contribution is 5.92. The Morgan fingerprint density at radius 2 is 1.81 bits per heavy atom. The average Bonchev–Trinajstić information content (AvgIpc) is 2.72. The van der Waals surface area contributed by atoms with Crippen LogP contribution in [0.4, 0.5) is 5.69 Å². The van der Waals surface area contributed by atoms with Crippen molar-refractivity contribution in [2.24, 2.45) is 0 Å². The van der Waals surface area contributed by atoms with E-state index >= 15 is 0 Å². The lowest BCUT2D eigenvalue weighted by molar-refractivity contribution is 0.0942. The van der Waals surface area contributed by atoms with Gasteiger partial charge in [0.1, 0.15) is 23.8 Å². The first-order valence-electron chi connectivity index (χ1n) is 9.02. The van der Waals surface area contributed by atoms with Crippen molar-refractivity contribution in [1.82, 2.24) is 10.3 Å². The summed E-state index contributed by atoms with van der Waals surface area (Å²) in [6.07, 6.45) is 5.52. The summed E-state index contributed by atoms with van der Waals surface area (Å²) in [6.45, 7) is 2.94. The molecule has 1 saturated heterocycles. The highest BCUT2D eigenvalue weighted by atomic mass is 16.5. The van der Waals surface area contributed by atoms with E-state index in [1.807, 2.05) is 30.3 Å². The van der Waals surface area contributed by atoms with E-state index in [2.05, 4.69) is 15.2 Å². The Morgan fingerprint density at radius 3 is 2.46 bits per heavy atom. The number of hydrogen-bond acceptors (Lipinski definition) is 5. The molecule has 26 heavy (non-hydrogen) atoms. The number of aromatic nitrogens is 1. The van der Waals surface area contributed by atoms with Crippen LogP contribution in [-0.2, 0) is 0 Å². The lowest BCUT2D eigenvalue weighted by Gasteiger charge is -2.28. The first-order valence-corrected chi connectivity index (χ1v) is 9.02. The van der Waals surface area contributed by atoms with Gasteiger partial charge in [-0.2, -0.15) is 0 Å². The van der Waals surface area contributed by atoms with Crippen molar-refractivity contribution >= 4 is 11.6 Å². The zero-order valence-electron chi connectivity index (χ0n) is 15.1. The molecule has 6 nitrogen and oxygen atoms in total. The first-order chi connectivity index (χ1) is 12.8. The van der Waals surface area contributed by atoms with Crippen LogP contribution < -0.4 is 19.7 Å². The number of hydrogen-bond donors (Lipinski definition) is 1. The number of rotatable bonds is 7. The largest absolute Gasteiger partial charge is 0.497 e. The highest BCUT2D eigenvalue weighted by Gasteiger charge is 2.12. The van der Waals surface area contributed by atoms with E-state index < -0.39 is 0 Å². The van der Waals surface area contributed by atoms with Gasteiger partial charge in [-0.1, -0.05) is 0 Å². The van der Waals surface area contributed by atoms with Crippen molar-refractivity contribution in [1.29, 1.82) is 0 Å². The summed E-state index contributed by atoms with van der Waals surface area (Å²) in [5, 5.41) is 2.83. The number of carbonyl (C=O) groups is 1. The summed E-state index contributed by atoms with van der Waals surface area (Å²) >= 11 is 0. The van der Waals surface area contributed by atoms with E-state index in [4.69, 9.17) is 9.47 Å². The first kappa shape index (κ1) is 18.0. The maximum atomic E-state index is 12.2. The van der Waals surface area contributed by atoms with Crippen molar-refractivity contribution in [2.75, 3.05) is 38.3 Å². The molecule has 6 heteroatoms. The fraction of sp³-hybridized carbons (Fsp3) is 0.400. The number of methoxy groups -OCH3 is 1. The maximum Gasteiger partial charge on any atom is 0.269 e. The summed E-state index contributed by atoms with van der Waals surface area (Å²) in [4.78, 5) is 18.8. The number of nitrogens with zero attached hydrogens (tertiary/aromatic N) is 2. The fourth-order valence-corrected chi connectivity index (χ4v) is 2.96. The van der Waals surface area contributed by atoms with Gasteiger partial charge in [-0.05, 0) is 55.7 Å². The topological polar surface area (TPSA) is 63.7 Å². The van der Waals surface area contributed by atoms with Crippen LogP contribution in [0.25, 0.3) is 0 Å². The number of carbonyl (C=O) groups excluding carboxylic acids is 1. The highest BCUT2D eigenvalue weighted by Crippen LogP contribution is 2.19. The SMILES string of the molecule is COc1ccc(OCCNC(=O)c2ccc(N3CCCCC3)cn2)cc1. The molecule has 1 aromatic carbocycles. The molecule has 1 fully saturated rings. The lowest BCUT2D eigenvalue weighted by atomic mass is 10.1. The molecule has 0 radical (unpaired) electrons. The third kappa shape index (κ3) is 4.88. The monoisotopic (exact) mass is 355 g/mol. The van der Waals surface area contributed by atoms with Crippen molar-refractivity contribution in [3.63, 3.8) is 0 Å². The van der Waals surface area contributed by atoms with Gasteiger partial charge in [-0.25, -0.2) is 4.98 Å². The Kier molecular flexibility index (Phi) is 6.30. The number of benzene rings is 1.